The summed E-state index contributed by atoms with van der Waals surface area (Å²) in [6.07, 6.45) is 4.48. The Balaban J connectivity index is 1.88. The van der Waals surface area contributed by atoms with Crippen molar-refractivity contribution in [2.24, 2.45) is 0 Å². The molecule has 0 saturated heterocycles. The van der Waals surface area contributed by atoms with Gasteiger partial charge in [0.05, 0.1) is 0 Å². The molecule has 0 radical (unpaired) electrons. The summed E-state index contributed by atoms with van der Waals surface area (Å²) >= 11 is 0. The lowest BCUT2D eigenvalue weighted by molar-refractivity contribution is 0.251. The fourth-order valence-electron chi connectivity index (χ4n) is 5.65. The van der Waals surface area contributed by atoms with Gasteiger partial charge in [0.2, 0.25) is 0 Å². The number of rotatable bonds is 9. The van der Waals surface area contributed by atoms with Gasteiger partial charge in [0.15, 0.2) is 7.14 Å². The average Bonchev–Trinajstić information content (AvgIpc) is 3.51. The molecule has 1 unspecified atom stereocenters. The molecular weight excluding hydrogens is 519 g/mol. The monoisotopic (exact) mass is 556 g/mol. The SMILES string of the molecule is CCCCC#CC1=C(C(O)C(=C(c2ccccc2)c2ccccc2)P(=O)(c2ccccc2)c2ccccc2)CCC1. The van der Waals surface area contributed by atoms with Gasteiger partial charge in [0.25, 0.3) is 0 Å². The molecular formula is C38H37O2P. The Labute approximate surface area is 244 Å². The van der Waals surface area contributed by atoms with Crippen LogP contribution in [0.5, 0.6) is 0 Å². The van der Waals surface area contributed by atoms with E-state index < -0.39 is 13.2 Å². The Hall–Kier alpha value is -3.89. The van der Waals surface area contributed by atoms with Crippen LogP contribution in [0.4, 0.5) is 0 Å². The molecule has 5 rings (SSSR count). The van der Waals surface area contributed by atoms with E-state index in [0.29, 0.717) is 15.9 Å². The zero-order valence-electron chi connectivity index (χ0n) is 23.7. The third-order valence-corrected chi connectivity index (χ3v) is 10.9. The first kappa shape index (κ1) is 28.6. The quantitative estimate of drug-likeness (QED) is 0.128. The Morgan fingerprint density at radius 3 is 1.73 bits per heavy atom. The van der Waals surface area contributed by atoms with Gasteiger partial charge in [0, 0.05) is 27.9 Å². The van der Waals surface area contributed by atoms with Crippen LogP contribution in [-0.2, 0) is 4.57 Å². The molecule has 2 nitrogen and oxygen atoms in total. The second-order valence-electron chi connectivity index (χ2n) is 10.4. The van der Waals surface area contributed by atoms with Crippen molar-refractivity contribution in [1.82, 2.24) is 0 Å². The Bertz CT molecular complexity index is 1520. The zero-order valence-corrected chi connectivity index (χ0v) is 24.6. The molecule has 0 spiro atoms. The van der Waals surface area contributed by atoms with Crippen LogP contribution in [0.25, 0.3) is 5.57 Å². The van der Waals surface area contributed by atoms with Gasteiger partial charge in [-0.15, -0.1) is 0 Å². The maximum atomic E-state index is 16.0. The normalized spacial score (nSPS) is 13.8. The predicted molar refractivity (Wildman–Crippen MR) is 173 cm³/mol. The summed E-state index contributed by atoms with van der Waals surface area (Å²) in [5, 5.41) is 14.5. The van der Waals surface area contributed by atoms with E-state index in [0.717, 1.165) is 66.4 Å². The topological polar surface area (TPSA) is 37.3 Å². The summed E-state index contributed by atoms with van der Waals surface area (Å²) in [6, 6.07) is 39.5. The fraction of sp³-hybridized carbons (Fsp3) is 0.211. The molecule has 3 heteroatoms. The molecule has 41 heavy (non-hydrogen) atoms. The van der Waals surface area contributed by atoms with Gasteiger partial charge < -0.3 is 9.67 Å². The molecule has 0 aromatic heterocycles. The van der Waals surface area contributed by atoms with E-state index in [2.05, 4.69) is 18.8 Å². The minimum Gasteiger partial charge on any atom is -0.384 e. The maximum absolute atomic E-state index is 16.0. The number of hydrogen-bond acceptors (Lipinski definition) is 2. The lowest BCUT2D eigenvalue weighted by atomic mass is 9.93. The van der Waals surface area contributed by atoms with E-state index in [1.807, 2.05) is 121 Å². The first-order valence-electron chi connectivity index (χ1n) is 14.6. The highest BCUT2D eigenvalue weighted by Crippen LogP contribution is 2.58. The standard InChI is InChI=1S/C38H37O2P/c1-2-3-4-9-19-30-24-18-29-35(30)37(39)38(36(31-20-10-5-11-21-31)32-22-12-6-13-23-32)41(40,33-25-14-7-15-26-33)34-27-16-8-17-28-34/h5-8,10-17,20-23,25-28,37,39H,2-4,18,24,29H2,1H3. The van der Waals surface area contributed by atoms with Gasteiger partial charge >= 0.3 is 0 Å². The van der Waals surface area contributed by atoms with Crippen molar-refractivity contribution in [3.63, 3.8) is 0 Å². The van der Waals surface area contributed by atoms with Crippen molar-refractivity contribution >= 4 is 23.3 Å². The van der Waals surface area contributed by atoms with E-state index in [1.165, 1.54) is 0 Å². The summed E-state index contributed by atoms with van der Waals surface area (Å²) < 4.78 is 16.0. The number of benzene rings is 4. The van der Waals surface area contributed by atoms with Crippen molar-refractivity contribution in [3.8, 4) is 11.8 Å². The van der Waals surface area contributed by atoms with Crippen LogP contribution in [0.2, 0.25) is 0 Å². The summed E-state index contributed by atoms with van der Waals surface area (Å²) in [7, 11) is -3.55. The van der Waals surface area contributed by atoms with Crippen LogP contribution >= 0.6 is 7.14 Å². The highest BCUT2D eigenvalue weighted by atomic mass is 31.2. The predicted octanol–water partition coefficient (Wildman–Crippen LogP) is 8.50. The molecule has 0 aliphatic heterocycles. The van der Waals surface area contributed by atoms with Gasteiger partial charge in [-0.2, -0.15) is 0 Å². The molecule has 4 aromatic carbocycles. The second kappa shape index (κ2) is 13.6. The molecule has 0 amide bonds. The Morgan fingerprint density at radius 2 is 1.24 bits per heavy atom. The lowest BCUT2D eigenvalue weighted by Crippen LogP contribution is -2.26. The molecule has 4 aromatic rings. The van der Waals surface area contributed by atoms with Gasteiger partial charge in [-0.3, -0.25) is 0 Å². The summed E-state index contributed by atoms with van der Waals surface area (Å²) in [6.45, 7) is 2.17. The highest BCUT2D eigenvalue weighted by molar-refractivity contribution is 7.82. The van der Waals surface area contributed by atoms with Crippen LogP contribution in [0.3, 0.4) is 0 Å². The van der Waals surface area contributed by atoms with E-state index in [4.69, 9.17) is 0 Å². The van der Waals surface area contributed by atoms with Crippen molar-refractivity contribution < 1.29 is 9.67 Å². The number of aliphatic hydroxyl groups is 1. The van der Waals surface area contributed by atoms with Gasteiger partial charge in [-0.05, 0) is 48.0 Å². The lowest BCUT2D eigenvalue weighted by Gasteiger charge is -2.30. The minimum atomic E-state index is -3.55. The molecule has 0 heterocycles. The Morgan fingerprint density at radius 1 is 0.756 bits per heavy atom. The van der Waals surface area contributed by atoms with Crippen LogP contribution in [0, 0.1) is 11.8 Å². The maximum Gasteiger partial charge on any atom is 0.170 e. The first-order chi connectivity index (χ1) is 20.1. The van der Waals surface area contributed by atoms with Crippen LogP contribution in [-0.4, -0.2) is 11.2 Å². The fourth-order valence-corrected chi connectivity index (χ4v) is 8.76. The van der Waals surface area contributed by atoms with E-state index in [-0.39, 0.29) is 0 Å². The van der Waals surface area contributed by atoms with E-state index in [9.17, 15) is 5.11 Å². The van der Waals surface area contributed by atoms with Crippen molar-refractivity contribution in [2.75, 3.05) is 0 Å². The molecule has 1 aliphatic carbocycles. The zero-order chi connectivity index (χ0) is 28.5. The van der Waals surface area contributed by atoms with E-state index >= 15 is 4.57 Å². The van der Waals surface area contributed by atoms with Crippen LogP contribution in [0.1, 0.15) is 56.6 Å². The molecule has 0 bridgehead atoms. The van der Waals surface area contributed by atoms with Crippen molar-refractivity contribution in [1.29, 1.82) is 0 Å². The van der Waals surface area contributed by atoms with E-state index in [1.54, 1.807) is 0 Å². The van der Waals surface area contributed by atoms with Crippen LogP contribution in [0.15, 0.2) is 138 Å². The summed E-state index contributed by atoms with van der Waals surface area (Å²) in [5.74, 6) is 6.75. The Kier molecular flexibility index (Phi) is 9.53. The molecule has 0 fully saturated rings. The third-order valence-electron chi connectivity index (χ3n) is 7.70. The van der Waals surface area contributed by atoms with Gasteiger partial charge in [-0.1, -0.05) is 147 Å². The second-order valence-corrected chi connectivity index (χ2v) is 13.2. The van der Waals surface area contributed by atoms with Gasteiger partial charge in [-0.25, -0.2) is 0 Å². The molecule has 0 saturated carbocycles. The number of aliphatic hydroxyl groups excluding tert-OH is 1. The van der Waals surface area contributed by atoms with Gasteiger partial charge in [0.1, 0.15) is 6.10 Å². The number of unbranched alkanes of at least 4 members (excludes halogenated alkanes) is 2. The molecule has 1 atom stereocenters. The average molecular weight is 557 g/mol. The number of allylic oxidation sites excluding steroid dienone is 1. The van der Waals surface area contributed by atoms with Crippen molar-refractivity contribution in [3.05, 3.63) is 149 Å². The third kappa shape index (κ3) is 6.23. The summed E-state index contributed by atoms with van der Waals surface area (Å²) in [5.41, 5.74) is 4.56. The van der Waals surface area contributed by atoms with Crippen LogP contribution < -0.4 is 10.6 Å². The number of hydrogen-bond donors (Lipinski definition) is 1. The smallest absolute Gasteiger partial charge is 0.170 e. The highest BCUT2D eigenvalue weighted by Gasteiger charge is 2.41. The molecule has 1 N–H and O–H groups in total. The minimum absolute atomic E-state index is 0.553. The molecule has 1 aliphatic rings. The summed E-state index contributed by atoms with van der Waals surface area (Å²) in [4.78, 5) is 0. The van der Waals surface area contributed by atoms with Crippen molar-refractivity contribution in [2.45, 2.75) is 51.6 Å². The largest absolute Gasteiger partial charge is 0.384 e. The first-order valence-corrected chi connectivity index (χ1v) is 16.3. The molecule has 206 valence electrons.